The molecule has 1 atom stereocenters. The molecule has 1 N–H and O–H groups in total. The smallest absolute Gasteiger partial charge is 0.150 e. The highest BCUT2D eigenvalue weighted by molar-refractivity contribution is 5.40. The van der Waals surface area contributed by atoms with Gasteiger partial charge in [0.15, 0.2) is 6.23 Å². The van der Waals surface area contributed by atoms with E-state index >= 15 is 0 Å². The Bertz CT molecular complexity index is 592. The first-order valence-corrected chi connectivity index (χ1v) is 7.79. The molecule has 1 aliphatic heterocycles. The maximum Gasteiger partial charge on any atom is 0.150 e. The van der Waals surface area contributed by atoms with Gasteiger partial charge in [0, 0.05) is 13.0 Å². The van der Waals surface area contributed by atoms with Gasteiger partial charge < -0.3 is 4.74 Å². The number of hydrogen-bond donors (Lipinski definition) is 1. The lowest BCUT2D eigenvalue weighted by atomic mass is 9.97. The minimum Gasteiger partial charge on any atom is -0.475 e. The Labute approximate surface area is 127 Å². The van der Waals surface area contributed by atoms with E-state index < -0.39 is 0 Å². The summed E-state index contributed by atoms with van der Waals surface area (Å²) in [5.41, 5.74) is 3.97. The van der Waals surface area contributed by atoms with E-state index in [2.05, 4.69) is 61.6 Å². The minimum absolute atomic E-state index is 0.111. The van der Waals surface area contributed by atoms with Gasteiger partial charge in [-0.1, -0.05) is 56.3 Å². The fourth-order valence-corrected chi connectivity index (χ4v) is 2.72. The molecule has 21 heavy (non-hydrogen) atoms. The molecule has 2 nitrogen and oxygen atoms in total. The molecule has 0 fully saturated rings. The van der Waals surface area contributed by atoms with Crippen LogP contribution >= 0.6 is 0 Å². The molecule has 2 heteroatoms. The van der Waals surface area contributed by atoms with E-state index in [4.69, 9.17) is 4.74 Å². The summed E-state index contributed by atoms with van der Waals surface area (Å²) in [5.74, 6) is 1.59. The maximum atomic E-state index is 6.13. The summed E-state index contributed by atoms with van der Waals surface area (Å²) in [5, 5.41) is 3.51. The Morgan fingerprint density at radius 3 is 2.71 bits per heavy atom. The zero-order valence-electron chi connectivity index (χ0n) is 12.8. The Morgan fingerprint density at radius 1 is 1.14 bits per heavy atom. The van der Waals surface area contributed by atoms with Crippen LogP contribution in [0, 0.1) is 0 Å². The molecule has 0 bridgehead atoms. The summed E-state index contributed by atoms with van der Waals surface area (Å²) in [7, 11) is 0. The average Bonchev–Trinajstić information content (AvgIpc) is 2.53. The number of aryl methyl sites for hydroxylation is 1. The summed E-state index contributed by atoms with van der Waals surface area (Å²) in [4.78, 5) is 0. The molecule has 0 aromatic heterocycles. The van der Waals surface area contributed by atoms with Gasteiger partial charge in [0.2, 0.25) is 0 Å². The van der Waals surface area contributed by atoms with E-state index in [1.165, 1.54) is 16.7 Å². The van der Waals surface area contributed by atoms with E-state index in [0.717, 1.165) is 25.1 Å². The topological polar surface area (TPSA) is 21.3 Å². The van der Waals surface area contributed by atoms with Crippen molar-refractivity contribution in [3.63, 3.8) is 0 Å². The van der Waals surface area contributed by atoms with Crippen molar-refractivity contribution in [1.82, 2.24) is 5.32 Å². The molecule has 0 amide bonds. The van der Waals surface area contributed by atoms with E-state index in [1.807, 2.05) is 6.07 Å². The molecule has 1 heterocycles. The van der Waals surface area contributed by atoms with Crippen molar-refractivity contribution in [3.05, 3.63) is 65.2 Å². The van der Waals surface area contributed by atoms with Crippen molar-refractivity contribution in [2.24, 2.45) is 0 Å². The number of ether oxygens (including phenoxy) is 1. The van der Waals surface area contributed by atoms with Crippen LogP contribution in [0.15, 0.2) is 48.5 Å². The van der Waals surface area contributed by atoms with Gasteiger partial charge in [-0.2, -0.15) is 0 Å². The lowest BCUT2D eigenvalue weighted by molar-refractivity contribution is 0.136. The second kappa shape index (κ2) is 6.31. The predicted molar refractivity (Wildman–Crippen MR) is 86.5 cm³/mol. The molecular weight excluding hydrogens is 258 g/mol. The van der Waals surface area contributed by atoms with Gasteiger partial charge in [0.1, 0.15) is 5.75 Å². The minimum atomic E-state index is 0.111. The maximum absolute atomic E-state index is 6.13. The third-order valence-electron chi connectivity index (χ3n) is 4.08. The number of nitrogens with one attached hydrogen (secondary N) is 1. The molecule has 1 unspecified atom stereocenters. The fourth-order valence-electron chi connectivity index (χ4n) is 2.72. The Hall–Kier alpha value is -1.80. The molecule has 0 saturated carbocycles. The molecule has 3 rings (SSSR count). The highest BCUT2D eigenvalue weighted by Crippen LogP contribution is 2.30. The van der Waals surface area contributed by atoms with Crippen LogP contribution in [-0.2, 0) is 13.0 Å². The highest BCUT2D eigenvalue weighted by Gasteiger charge is 2.19. The first-order valence-electron chi connectivity index (χ1n) is 7.79. The van der Waals surface area contributed by atoms with Gasteiger partial charge in [-0.15, -0.1) is 0 Å². The van der Waals surface area contributed by atoms with Crippen LogP contribution < -0.4 is 10.1 Å². The monoisotopic (exact) mass is 281 g/mol. The molecule has 2 aromatic rings. The van der Waals surface area contributed by atoms with Crippen molar-refractivity contribution in [2.45, 2.75) is 45.4 Å². The van der Waals surface area contributed by atoms with Gasteiger partial charge in [0.25, 0.3) is 0 Å². The van der Waals surface area contributed by atoms with Gasteiger partial charge in [-0.05, 0) is 35.1 Å². The summed E-state index contributed by atoms with van der Waals surface area (Å²) in [6.45, 7) is 5.29. The molecule has 0 radical (unpaired) electrons. The average molecular weight is 281 g/mol. The molecular formula is C19H23NO. The van der Waals surface area contributed by atoms with Crippen LogP contribution in [0.3, 0.4) is 0 Å². The van der Waals surface area contributed by atoms with Crippen LogP contribution in [0.1, 0.15) is 42.9 Å². The van der Waals surface area contributed by atoms with E-state index in [0.29, 0.717) is 5.92 Å². The quantitative estimate of drug-likeness (QED) is 0.904. The number of fused-ring (bicyclic) bond motifs is 1. The predicted octanol–water partition coefficient (Wildman–Crippen LogP) is 4.25. The number of benzene rings is 2. The number of rotatable bonds is 4. The molecule has 1 aliphatic rings. The van der Waals surface area contributed by atoms with Crippen molar-refractivity contribution in [3.8, 4) is 5.75 Å². The SMILES string of the molecule is CC(C)c1ccc2c(c1)OC(NCc1ccccc1)CC2. The summed E-state index contributed by atoms with van der Waals surface area (Å²) < 4.78 is 6.13. The second-order valence-electron chi connectivity index (χ2n) is 6.03. The molecule has 0 spiro atoms. The molecule has 0 aliphatic carbocycles. The van der Waals surface area contributed by atoms with Crippen LogP contribution in [0.5, 0.6) is 5.75 Å². The second-order valence-corrected chi connectivity index (χ2v) is 6.03. The summed E-state index contributed by atoms with van der Waals surface area (Å²) in [6.07, 6.45) is 2.22. The zero-order valence-corrected chi connectivity index (χ0v) is 12.8. The Morgan fingerprint density at radius 2 is 1.95 bits per heavy atom. The van der Waals surface area contributed by atoms with Gasteiger partial charge in [-0.25, -0.2) is 0 Å². The van der Waals surface area contributed by atoms with Crippen LogP contribution in [0.2, 0.25) is 0 Å². The number of hydrogen-bond acceptors (Lipinski definition) is 2. The zero-order chi connectivity index (χ0) is 14.7. The standard InChI is InChI=1S/C19H23NO/c1-14(2)17-9-8-16-10-11-19(21-18(16)12-17)20-13-15-6-4-3-5-7-15/h3-9,12,14,19-20H,10-11,13H2,1-2H3. The van der Waals surface area contributed by atoms with E-state index in [-0.39, 0.29) is 6.23 Å². The molecule has 0 saturated heterocycles. The lowest BCUT2D eigenvalue weighted by Gasteiger charge is -2.27. The van der Waals surface area contributed by atoms with Crippen LogP contribution in [-0.4, -0.2) is 6.23 Å². The van der Waals surface area contributed by atoms with Crippen molar-refractivity contribution in [2.75, 3.05) is 0 Å². The van der Waals surface area contributed by atoms with Crippen molar-refractivity contribution in [1.29, 1.82) is 0 Å². The van der Waals surface area contributed by atoms with Crippen LogP contribution in [0.25, 0.3) is 0 Å². The normalized spacial score (nSPS) is 17.4. The third-order valence-corrected chi connectivity index (χ3v) is 4.08. The van der Waals surface area contributed by atoms with Crippen molar-refractivity contribution >= 4 is 0 Å². The first kappa shape index (κ1) is 14.2. The highest BCUT2D eigenvalue weighted by atomic mass is 16.5. The van der Waals surface area contributed by atoms with E-state index in [1.54, 1.807) is 0 Å². The van der Waals surface area contributed by atoms with Gasteiger partial charge in [-0.3, -0.25) is 5.32 Å². The van der Waals surface area contributed by atoms with Gasteiger partial charge in [0.05, 0.1) is 0 Å². The Kier molecular flexibility index (Phi) is 4.26. The van der Waals surface area contributed by atoms with E-state index in [9.17, 15) is 0 Å². The summed E-state index contributed by atoms with van der Waals surface area (Å²) in [6, 6.07) is 17.1. The largest absolute Gasteiger partial charge is 0.475 e. The fraction of sp³-hybridized carbons (Fsp3) is 0.368. The summed E-state index contributed by atoms with van der Waals surface area (Å²) >= 11 is 0. The van der Waals surface area contributed by atoms with Crippen molar-refractivity contribution < 1.29 is 4.74 Å². The molecule has 2 aromatic carbocycles. The lowest BCUT2D eigenvalue weighted by Crippen LogP contribution is -2.37. The van der Waals surface area contributed by atoms with Gasteiger partial charge >= 0.3 is 0 Å². The first-order chi connectivity index (χ1) is 10.2. The third kappa shape index (κ3) is 3.45. The van der Waals surface area contributed by atoms with Crippen LogP contribution in [0.4, 0.5) is 0 Å². The Balaban J connectivity index is 1.65. The molecule has 110 valence electrons.